The van der Waals surface area contributed by atoms with Crippen LogP contribution in [0.1, 0.15) is 11.4 Å². The number of aryl methyl sites for hydroxylation is 1. The topological polar surface area (TPSA) is 92.1 Å². The fourth-order valence-electron chi connectivity index (χ4n) is 2.00. The Kier molecular flexibility index (Phi) is 6.14. The van der Waals surface area contributed by atoms with Crippen molar-refractivity contribution in [2.45, 2.75) is 12.7 Å². The molecule has 0 aliphatic carbocycles. The highest BCUT2D eigenvalue weighted by Crippen LogP contribution is 2.33. The smallest absolute Gasteiger partial charge is 0.368 e. The summed E-state index contributed by atoms with van der Waals surface area (Å²) >= 11 is 0. The number of alkyl halides is 3. The van der Waals surface area contributed by atoms with Crippen molar-refractivity contribution in [3.05, 3.63) is 36.0 Å². The van der Waals surface area contributed by atoms with Gasteiger partial charge in [-0.3, -0.25) is 9.67 Å². The lowest BCUT2D eigenvalue weighted by atomic mass is 10.2. The molecule has 0 aliphatic rings. The Morgan fingerprint density at radius 2 is 2.04 bits per heavy atom. The third-order valence-corrected chi connectivity index (χ3v) is 3.27. The van der Waals surface area contributed by atoms with Crippen molar-refractivity contribution >= 4 is 11.8 Å². The van der Waals surface area contributed by atoms with Crippen LogP contribution < -0.4 is 16.0 Å². The van der Waals surface area contributed by atoms with Gasteiger partial charge in [-0.1, -0.05) is 0 Å². The van der Waals surface area contributed by atoms with Crippen molar-refractivity contribution in [1.82, 2.24) is 30.4 Å². The number of aromatic nitrogens is 4. The second kappa shape index (κ2) is 8.31. The Balaban J connectivity index is 1.79. The van der Waals surface area contributed by atoms with Crippen LogP contribution >= 0.6 is 0 Å². The van der Waals surface area contributed by atoms with Crippen LogP contribution in [0.15, 0.2) is 29.6 Å². The van der Waals surface area contributed by atoms with Crippen molar-refractivity contribution in [3.8, 4) is 0 Å². The van der Waals surface area contributed by atoms with E-state index in [1.54, 1.807) is 18.8 Å². The molecular weight excluding hydrogens is 337 g/mol. The van der Waals surface area contributed by atoms with Gasteiger partial charge in [0.1, 0.15) is 18.0 Å². The van der Waals surface area contributed by atoms with Crippen molar-refractivity contribution in [2.24, 2.45) is 12.0 Å². The number of aliphatic imine (C=N–C) groups is 1. The van der Waals surface area contributed by atoms with E-state index in [1.165, 1.54) is 18.6 Å². The number of hydrogen-bond acceptors (Lipinski definition) is 5. The Morgan fingerprint density at radius 3 is 2.68 bits per heavy atom. The quantitative estimate of drug-likeness (QED) is 0.406. The molecule has 8 nitrogen and oxygen atoms in total. The van der Waals surface area contributed by atoms with Gasteiger partial charge in [0.2, 0.25) is 0 Å². The van der Waals surface area contributed by atoms with Gasteiger partial charge in [-0.25, -0.2) is 9.97 Å². The molecule has 136 valence electrons. The lowest BCUT2D eigenvalue weighted by Gasteiger charge is -2.14. The molecule has 0 unspecified atom stereocenters. The van der Waals surface area contributed by atoms with Crippen molar-refractivity contribution in [1.29, 1.82) is 0 Å². The maximum absolute atomic E-state index is 12.9. The summed E-state index contributed by atoms with van der Waals surface area (Å²) in [5.41, 5.74) is -0.792. The molecular formula is C14H19F3N8. The zero-order chi connectivity index (χ0) is 18.3. The highest BCUT2D eigenvalue weighted by molar-refractivity contribution is 5.79. The van der Waals surface area contributed by atoms with Gasteiger partial charge in [-0.05, 0) is 12.1 Å². The fraction of sp³-hybridized carbons (Fsp3) is 0.429. The van der Waals surface area contributed by atoms with Crippen LogP contribution in [0, 0.1) is 0 Å². The maximum atomic E-state index is 12.9. The van der Waals surface area contributed by atoms with Crippen LogP contribution in [0.5, 0.6) is 0 Å². The molecule has 2 heterocycles. The number of halogens is 3. The third-order valence-electron chi connectivity index (χ3n) is 3.27. The average molecular weight is 356 g/mol. The molecule has 0 amide bonds. The molecule has 0 aliphatic heterocycles. The van der Waals surface area contributed by atoms with Crippen molar-refractivity contribution < 1.29 is 13.2 Å². The number of nitrogens with one attached hydrogen (secondary N) is 3. The number of guanidine groups is 1. The molecule has 2 rings (SSSR count). The highest BCUT2D eigenvalue weighted by atomic mass is 19.4. The normalized spacial score (nSPS) is 12.1. The van der Waals surface area contributed by atoms with Gasteiger partial charge in [-0.2, -0.15) is 18.3 Å². The van der Waals surface area contributed by atoms with E-state index in [2.05, 4.69) is 36.0 Å². The van der Waals surface area contributed by atoms with Gasteiger partial charge < -0.3 is 16.0 Å². The van der Waals surface area contributed by atoms with Crippen LogP contribution in [-0.4, -0.2) is 45.8 Å². The summed E-state index contributed by atoms with van der Waals surface area (Å²) in [5, 5.41) is 12.7. The predicted molar refractivity (Wildman–Crippen MR) is 86.9 cm³/mol. The summed E-state index contributed by atoms with van der Waals surface area (Å²) in [6.07, 6.45) is -1.69. The zero-order valence-corrected chi connectivity index (χ0v) is 13.8. The second-order valence-corrected chi connectivity index (χ2v) is 4.98. The van der Waals surface area contributed by atoms with Gasteiger partial charge in [0.15, 0.2) is 5.96 Å². The first-order valence-corrected chi connectivity index (χ1v) is 7.45. The largest absolute Gasteiger partial charge is 0.419 e. The van der Waals surface area contributed by atoms with E-state index in [9.17, 15) is 13.2 Å². The lowest BCUT2D eigenvalue weighted by molar-refractivity contribution is -0.137. The Morgan fingerprint density at radius 1 is 1.24 bits per heavy atom. The van der Waals surface area contributed by atoms with Gasteiger partial charge in [0, 0.05) is 33.4 Å². The number of pyridine rings is 1. The van der Waals surface area contributed by atoms with Gasteiger partial charge in [-0.15, -0.1) is 0 Å². The minimum absolute atomic E-state index is 0.196. The van der Waals surface area contributed by atoms with Gasteiger partial charge >= 0.3 is 6.18 Å². The molecule has 0 saturated carbocycles. The van der Waals surface area contributed by atoms with Crippen LogP contribution in [0.3, 0.4) is 0 Å². The first-order chi connectivity index (χ1) is 11.9. The summed E-state index contributed by atoms with van der Waals surface area (Å²) < 4.78 is 40.2. The molecule has 11 heteroatoms. The first kappa shape index (κ1) is 18.5. The molecule has 0 bridgehead atoms. The second-order valence-electron chi connectivity index (χ2n) is 4.98. The Labute approximate surface area is 142 Å². The van der Waals surface area contributed by atoms with E-state index in [-0.39, 0.29) is 12.4 Å². The van der Waals surface area contributed by atoms with E-state index >= 15 is 0 Å². The number of hydrogen-bond donors (Lipinski definition) is 3. The average Bonchev–Trinajstić information content (AvgIpc) is 2.99. The number of anilines is 1. The first-order valence-electron chi connectivity index (χ1n) is 7.45. The summed E-state index contributed by atoms with van der Waals surface area (Å²) in [4.78, 5) is 11.8. The Hall–Kier alpha value is -2.85. The van der Waals surface area contributed by atoms with E-state index in [0.29, 0.717) is 19.0 Å². The van der Waals surface area contributed by atoms with E-state index < -0.39 is 11.7 Å². The van der Waals surface area contributed by atoms with Gasteiger partial charge in [0.25, 0.3) is 0 Å². The monoisotopic (exact) mass is 356 g/mol. The molecule has 2 aromatic rings. The molecule has 0 fully saturated rings. The van der Waals surface area contributed by atoms with Crippen LogP contribution in [0.25, 0.3) is 0 Å². The van der Waals surface area contributed by atoms with Crippen LogP contribution in [-0.2, 0) is 19.8 Å². The summed E-state index contributed by atoms with van der Waals surface area (Å²) in [6, 6.07) is 2.24. The van der Waals surface area contributed by atoms with Crippen molar-refractivity contribution in [3.63, 3.8) is 0 Å². The molecule has 0 aromatic carbocycles. The molecule has 0 spiro atoms. The maximum Gasteiger partial charge on any atom is 0.419 e. The molecule has 25 heavy (non-hydrogen) atoms. The minimum atomic E-state index is -4.45. The predicted octanol–water partition coefficient (Wildman–Crippen LogP) is 1.01. The highest BCUT2D eigenvalue weighted by Gasteiger charge is 2.33. The summed E-state index contributed by atoms with van der Waals surface area (Å²) in [5.74, 6) is 1.03. The van der Waals surface area contributed by atoms with E-state index in [0.717, 1.165) is 11.9 Å². The zero-order valence-electron chi connectivity index (χ0n) is 13.8. The Bertz CT molecular complexity index is 710. The lowest BCUT2D eigenvalue weighted by Crippen LogP contribution is -2.39. The molecule has 3 N–H and O–H groups in total. The molecule has 0 saturated heterocycles. The SMILES string of the molecule is CN=C(NCCNc1ncccc1C(F)(F)F)NCc1ncnn1C. The summed E-state index contributed by atoms with van der Waals surface area (Å²) in [7, 11) is 3.37. The molecule has 2 aromatic heterocycles. The fourth-order valence-corrected chi connectivity index (χ4v) is 2.00. The van der Waals surface area contributed by atoms with Gasteiger partial charge in [0.05, 0.1) is 12.1 Å². The van der Waals surface area contributed by atoms with Crippen LogP contribution in [0.2, 0.25) is 0 Å². The molecule has 0 atom stereocenters. The number of nitrogens with zero attached hydrogens (tertiary/aromatic N) is 5. The van der Waals surface area contributed by atoms with Crippen molar-refractivity contribution in [2.75, 3.05) is 25.5 Å². The van der Waals surface area contributed by atoms with E-state index in [4.69, 9.17) is 0 Å². The minimum Gasteiger partial charge on any atom is -0.368 e. The molecule has 0 radical (unpaired) electrons. The summed E-state index contributed by atoms with van der Waals surface area (Å²) in [6.45, 7) is 1.01. The third kappa shape index (κ3) is 5.33. The van der Waals surface area contributed by atoms with E-state index in [1.807, 2.05) is 0 Å². The van der Waals surface area contributed by atoms with Crippen LogP contribution in [0.4, 0.5) is 19.0 Å². The standard InChI is InChI=1S/C14H19F3N8/c1-18-13(22-8-11-23-9-24-25(11)2)21-7-6-20-12-10(14(15,16)17)4-3-5-19-12/h3-5,9H,6-8H2,1-2H3,(H,19,20)(H2,18,21,22). The number of rotatable bonds is 6.